The molecule has 1 aromatic carbocycles. The number of hydrogen-bond acceptors (Lipinski definition) is 4. The highest BCUT2D eigenvalue weighted by Crippen LogP contribution is 2.22. The van der Waals surface area contributed by atoms with Gasteiger partial charge in [0.25, 0.3) is 5.91 Å². The lowest BCUT2D eigenvalue weighted by atomic mass is 10.0. The molecule has 0 spiro atoms. The van der Waals surface area contributed by atoms with E-state index in [-0.39, 0.29) is 41.8 Å². The van der Waals surface area contributed by atoms with Crippen molar-refractivity contribution in [1.82, 2.24) is 15.0 Å². The van der Waals surface area contributed by atoms with Crippen LogP contribution in [0.1, 0.15) is 42.1 Å². The molecule has 1 aliphatic rings. The smallest absolute Gasteiger partial charge is 0.292 e. The van der Waals surface area contributed by atoms with Gasteiger partial charge in [0.15, 0.2) is 0 Å². The third kappa shape index (κ3) is 4.35. The van der Waals surface area contributed by atoms with Crippen LogP contribution in [0.25, 0.3) is 0 Å². The van der Waals surface area contributed by atoms with Crippen LogP contribution in [0.3, 0.4) is 0 Å². The molecule has 0 aliphatic carbocycles. The van der Waals surface area contributed by atoms with E-state index in [2.05, 4.69) is 5.16 Å². The first-order chi connectivity index (χ1) is 12.8. The Morgan fingerprint density at radius 2 is 2.04 bits per heavy atom. The minimum atomic E-state index is -0.305. The van der Waals surface area contributed by atoms with Gasteiger partial charge in [0, 0.05) is 32.1 Å². The van der Waals surface area contributed by atoms with E-state index in [1.54, 1.807) is 34.9 Å². The summed E-state index contributed by atoms with van der Waals surface area (Å²) in [6, 6.07) is 7.62. The highest BCUT2D eigenvalue weighted by molar-refractivity contribution is 5.92. The van der Waals surface area contributed by atoms with Crippen molar-refractivity contribution in [2.24, 2.45) is 5.92 Å². The largest absolute Gasteiger partial charge is 0.351 e. The Morgan fingerprint density at radius 3 is 2.63 bits per heavy atom. The molecule has 1 aliphatic heterocycles. The number of carbonyl (C=O) groups is 2. The van der Waals surface area contributed by atoms with E-state index in [1.165, 1.54) is 12.1 Å². The lowest BCUT2D eigenvalue weighted by Crippen LogP contribution is -2.47. The van der Waals surface area contributed by atoms with Crippen LogP contribution in [0.15, 0.2) is 34.9 Å². The Kier molecular flexibility index (Phi) is 5.58. The molecule has 0 radical (unpaired) electrons. The van der Waals surface area contributed by atoms with Gasteiger partial charge in [-0.25, -0.2) is 4.39 Å². The van der Waals surface area contributed by atoms with Crippen LogP contribution < -0.4 is 0 Å². The summed E-state index contributed by atoms with van der Waals surface area (Å²) in [5, 5.41) is 3.77. The molecule has 144 valence electrons. The number of nitrogens with zero attached hydrogens (tertiary/aromatic N) is 3. The van der Waals surface area contributed by atoms with Crippen LogP contribution in [0.4, 0.5) is 4.39 Å². The molecular weight excluding hydrogens is 349 g/mol. The van der Waals surface area contributed by atoms with Crippen molar-refractivity contribution in [1.29, 1.82) is 0 Å². The highest BCUT2D eigenvalue weighted by atomic mass is 19.1. The number of rotatable bonds is 4. The maximum absolute atomic E-state index is 13.2. The van der Waals surface area contributed by atoms with E-state index >= 15 is 0 Å². The summed E-state index contributed by atoms with van der Waals surface area (Å²) in [4.78, 5) is 29.0. The Hall–Kier alpha value is -2.70. The minimum absolute atomic E-state index is 0.0120. The van der Waals surface area contributed by atoms with E-state index in [1.807, 2.05) is 13.8 Å². The number of amides is 2. The summed E-state index contributed by atoms with van der Waals surface area (Å²) in [6.45, 7) is 6.97. The van der Waals surface area contributed by atoms with Gasteiger partial charge in [-0.3, -0.25) is 9.59 Å². The summed E-state index contributed by atoms with van der Waals surface area (Å²) in [5.74, 6) is -0.228. The van der Waals surface area contributed by atoms with Gasteiger partial charge in [-0.05, 0) is 30.5 Å². The van der Waals surface area contributed by atoms with E-state index in [4.69, 9.17) is 4.52 Å². The van der Waals surface area contributed by atoms with E-state index < -0.39 is 0 Å². The normalized spacial score (nSPS) is 18.1. The third-order valence-electron chi connectivity index (χ3n) is 4.89. The van der Waals surface area contributed by atoms with Gasteiger partial charge >= 0.3 is 0 Å². The standard InChI is InChI=1S/C20H24FN3O3/c1-13(2)17-12-23(20(26)18-10-14(3)22-27-18)9-8-19(25)24(17)11-15-4-6-16(21)7-5-15/h4-7,10,13,17H,8-9,11-12H2,1-3H3/t17-/m0/s1. The number of aromatic nitrogens is 1. The molecule has 2 amide bonds. The zero-order chi connectivity index (χ0) is 19.6. The quantitative estimate of drug-likeness (QED) is 0.826. The number of halogens is 1. The molecule has 6 nitrogen and oxygen atoms in total. The van der Waals surface area contributed by atoms with Crippen LogP contribution in [-0.2, 0) is 11.3 Å². The molecule has 1 fully saturated rings. The Bertz CT molecular complexity index is 816. The lowest BCUT2D eigenvalue weighted by molar-refractivity contribution is -0.134. The molecule has 2 aromatic rings. The van der Waals surface area contributed by atoms with Gasteiger partial charge in [0.2, 0.25) is 11.7 Å². The summed E-state index contributed by atoms with van der Waals surface area (Å²) in [6.07, 6.45) is 0.239. The second kappa shape index (κ2) is 7.90. The molecule has 0 N–H and O–H groups in total. The fourth-order valence-electron chi connectivity index (χ4n) is 3.34. The van der Waals surface area contributed by atoms with Crippen molar-refractivity contribution in [3.05, 3.63) is 53.2 Å². The van der Waals surface area contributed by atoms with Crippen molar-refractivity contribution >= 4 is 11.8 Å². The first-order valence-electron chi connectivity index (χ1n) is 9.11. The van der Waals surface area contributed by atoms with Crippen LogP contribution in [0, 0.1) is 18.7 Å². The Morgan fingerprint density at radius 1 is 1.33 bits per heavy atom. The summed E-state index contributed by atoms with van der Waals surface area (Å²) in [7, 11) is 0. The van der Waals surface area contributed by atoms with Crippen molar-refractivity contribution in [3.8, 4) is 0 Å². The predicted molar refractivity (Wildman–Crippen MR) is 97.3 cm³/mol. The van der Waals surface area contributed by atoms with Crippen LogP contribution in [0.5, 0.6) is 0 Å². The maximum atomic E-state index is 13.2. The SMILES string of the molecule is Cc1cc(C(=O)N2CCC(=O)N(Cc3ccc(F)cc3)[C@H](C(C)C)C2)on1. The first-order valence-corrected chi connectivity index (χ1v) is 9.11. The van der Waals surface area contributed by atoms with Crippen molar-refractivity contribution in [2.75, 3.05) is 13.1 Å². The third-order valence-corrected chi connectivity index (χ3v) is 4.89. The van der Waals surface area contributed by atoms with Crippen LogP contribution in [-0.4, -0.2) is 45.9 Å². The Labute approximate surface area is 157 Å². The number of hydrogen-bond donors (Lipinski definition) is 0. The highest BCUT2D eigenvalue weighted by Gasteiger charge is 2.34. The Balaban J connectivity index is 1.81. The van der Waals surface area contributed by atoms with Crippen LogP contribution in [0.2, 0.25) is 0 Å². The second-order valence-electron chi connectivity index (χ2n) is 7.29. The fourth-order valence-corrected chi connectivity index (χ4v) is 3.34. The molecule has 1 aromatic heterocycles. The van der Waals surface area contributed by atoms with Gasteiger partial charge < -0.3 is 14.3 Å². The molecule has 0 unspecified atom stereocenters. The monoisotopic (exact) mass is 373 g/mol. The van der Waals surface area contributed by atoms with Gasteiger partial charge in [0.05, 0.1) is 11.7 Å². The van der Waals surface area contributed by atoms with E-state index in [9.17, 15) is 14.0 Å². The topological polar surface area (TPSA) is 66.7 Å². The van der Waals surface area contributed by atoms with Gasteiger partial charge in [-0.2, -0.15) is 0 Å². The average Bonchev–Trinajstić information content (AvgIpc) is 3.00. The molecular formula is C20H24FN3O3. The summed E-state index contributed by atoms with van der Waals surface area (Å²) in [5.41, 5.74) is 1.50. The molecule has 0 bridgehead atoms. The molecule has 3 rings (SSSR count). The van der Waals surface area contributed by atoms with E-state index in [0.29, 0.717) is 25.3 Å². The minimum Gasteiger partial charge on any atom is -0.351 e. The number of benzene rings is 1. The molecule has 1 saturated heterocycles. The fraction of sp³-hybridized carbons (Fsp3) is 0.450. The van der Waals surface area contributed by atoms with Gasteiger partial charge in [0.1, 0.15) is 5.82 Å². The average molecular weight is 373 g/mol. The zero-order valence-electron chi connectivity index (χ0n) is 15.8. The summed E-state index contributed by atoms with van der Waals surface area (Å²) >= 11 is 0. The summed E-state index contributed by atoms with van der Waals surface area (Å²) < 4.78 is 18.3. The van der Waals surface area contributed by atoms with Crippen molar-refractivity contribution < 1.29 is 18.5 Å². The molecule has 2 heterocycles. The van der Waals surface area contributed by atoms with Crippen LogP contribution >= 0.6 is 0 Å². The van der Waals surface area contributed by atoms with Crippen molar-refractivity contribution in [2.45, 2.75) is 39.8 Å². The molecule has 27 heavy (non-hydrogen) atoms. The van der Waals surface area contributed by atoms with E-state index in [0.717, 1.165) is 5.56 Å². The predicted octanol–water partition coefficient (Wildman–Crippen LogP) is 3.02. The van der Waals surface area contributed by atoms with Crippen molar-refractivity contribution in [3.63, 3.8) is 0 Å². The zero-order valence-corrected chi connectivity index (χ0v) is 15.8. The van der Waals surface area contributed by atoms with Gasteiger partial charge in [-0.1, -0.05) is 31.1 Å². The second-order valence-corrected chi connectivity index (χ2v) is 7.29. The molecule has 1 atom stereocenters. The first kappa shape index (κ1) is 19.1. The maximum Gasteiger partial charge on any atom is 0.292 e. The number of aryl methyl sites for hydroxylation is 1. The number of carbonyl (C=O) groups excluding carboxylic acids is 2. The lowest BCUT2D eigenvalue weighted by Gasteiger charge is -2.34. The van der Waals surface area contributed by atoms with Gasteiger partial charge in [-0.15, -0.1) is 0 Å². The molecule has 0 saturated carbocycles. The molecule has 7 heteroatoms.